The van der Waals surface area contributed by atoms with Crippen molar-refractivity contribution in [2.45, 2.75) is 56.5 Å². The van der Waals surface area contributed by atoms with E-state index in [-0.39, 0.29) is 12.0 Å². The van der Waals surface area contributed by atoms with Crippen molar-refractivity contribution in [1.82, 2.24) is 10.3 Å². The van der Waals surface area contributed by atoms with E-state index in [0.29, 0.717) is 71.1 Å². The topological polar surface area (TPSA) is 147 Å². The summed E-state index contributed by atoms with van der Waals surface area (Å²) in [5.41, 5.74) is 4.16. The zero-order valence-corrected chi connectivity index (χ0v) is 23.8. The summed E-state index contributed by atoms with van der Waals surface area (Å²) in [4.78, 5) is 17.5. The number of benzene rings is 2. The molecule has 4 aromatic rings. The van der Waals surface area contributed by atoms with Crippen LogP contribution in [0.5, 0.6) is 11.5 Å². The zero-order valence-electron chi connectivity index (χ0n) is 23.8. The van der Waals surface area contributed by atoms with Gasteiger partial charge in [-0.05, 0) is 61.2 Å². The highest BCUT2D eigenvalue weighted by atomic mass is 16.5. The predicted molar refractivity (Wildman–Crippen MR) is 158 cm³/mol. The Morgan fingerprint density at radius 3 is 2.65 bits per heavy atom. The maximum atomic E-state index is 13.0. The number of nitrogens with one attached hydrogen (secondary N) is 1. The fourth-order valence-corrected chi connectivity index (χ4v) is 5.76. The average molecular weight is 584 g/mol. The van der Waals surface area contributed by atoms with E-state index in [1.54, 1.807) is 30.5 Å². The van der Waals surface area contributed by atoms with Gasteiger partial charge in [-0.15, -0.1) is 0 Å². The smallest absolute Gasteiger partial charge is 0.251 e. The number of nitrogens with zero attached hydrogens (tertiary/aromatic N) is 2. The fourth-order valence-electron chi connectivity index (χ4n) is 5.76. The van der Waals surface area contributed by atoms with Crippen molar-refractivity contribution >= 4 is 17.0 Å². The summed E-state index contributed by atoms with van der Waals surface area (Å²) in [6, 6.07) is 15.9. The van der Waals surface area contributed by atoms with Crippen LogP contribution in [-0.4, -0.2) is 65.8 Å². The number of hydrogen-bond acceptors (Lipinski definition) is 9. The Morgan fingerprint density at radius 1 is 1.02 bits per heavy atom. The molecule has 0 bridgehead atoms. The maximum Gasteiger partial charge on any atom is 0.251 e. The monoisotopic (exact) mass is 583 g/mol. The SMILES string of the molecule is COc1cc(C(=O)N[C@@H]2CCC[C@@H](O)[C@H]2O)ccc1-c1cc2nccc(-c3ccc(OC4CCOCC4)c(C#N)c3)c2o1. The number of amides is 1. The molecule has 6 rings (SSSR count). The van der Waals surface area contributed by atoms with Gasteiger partial charge in [0.15, 0.2) is 5.58 Å². The summed E-state index contributed by atoms with van der Waals surface area (Å²) in [7, 11) is 1.52. The molecular weight excluding hydrogens is 550 g/mol. The molecule has 3 heterocycles. The fraction of sp³-hybridized carbons (Fsp3) is 0.364. The van der Waals surface area contributed by atoms with Gasteiger partial charge in [-0.3, -0.25) is 9.78 Å². The molecule has 2 aromatic heterocycles. The van der Waals surface area contributed by atoms with Crippen LogP contribution in [0.15, 0.2) is 59.1 Å². The Bertz CT molecular complexity index is 1670. The van der Waals surface area contributed by atoms with Gasteiger partial charge in [0, 0.05) is 36.2 Å². The lowest BCUT2D eigenvalue weighted by molar-refractivity contribution is -0.0278. The molecule has 1 amide bonds. The Balaban J connectivity index is 1.27. The highest BCUT2D eigenvalue weighted by Gasteiger charge is 2.32. The second-order valence-electron chi connectivity index (χ2n) is 10.9. The lowest BCUT2D eigenvalue weighted by atomic mass is 9.90. The van der Waals surface area contributed by atoms with Crippen LogP contribution in [0, 0.1) is 11.3 Å². The molecular formula is C33H33N3O7. The van der Waals surface area contributed by atoms with Crippen LogP contribution >= 0.6 is 0 Å². The van der Waals surface area contributed by atoms with Gasteiger partial charge in [-0.2, -0.15) is 5.26 Å². The minimum absolute atomic E-state index is 0.0196. The number of ether oxygens (including phenoxy) is 3. The number of rotatable bonds is 7. The number of fused-ring (bicyclic) bond motifs is 1. The third kappa shape index (κ3) is 5.92. The van der Waals surface area contributed by atoms with Crippen molar-refractivity contribution in [3.63, 3.8) is 0 Å². The van der Waals surface area contributed by atoms with Crippen LogP contribution in [0.2, 0.25) is 0 Å². The van der Waals surface area contributed by atoms with E-state index in [1.807, 2.05) is 24.3 Å². The van der Waals surface area contributed by atoms with Crippen LogP contribution < -0.4 is 14.8 Å². The summed E-state index contributed by atoms with van der Waals surface area (Å²) in [5, 5.41) is 32.9. The lowest BCUT2D eigenvalue weighted by Crippen LogP contribution is -2.51. The number of hydrogen-bond donors (Lipinski definition) is 3. The third-order valence-corrected chi connectivity index (χ3v) is 8.15. The maximum absolute atomic E-state index is 13.0. The van der Waals surface area contributed by atoms with Gasteiger partial charge in [0.25, 0.3) is 5.91 Å². The molecule has 1 saturated carbocycles. The first kappa shape index (κ1) is 28.7. The second kappa shape index (κ2) is 12.4. The van der Waals surface area contributed by atoms with E-state index < -0.39 is 18.2 Å². The van der Waals surface area contributed by atoms with E-state index in [1.165, 1.54) is 7.11 Å². The normalized spacial score (nSPS) is 20.8. The number of carbonyl (C=O) groups excluding carboxylic acids is 1. The Hall–Kier alpha value is -4.43. The quantitative estimate of drug-likeness (QED) is 0.284. The van der Waals surface area contributed by atoms with Crippen LogP contribution in [0.3, 0.4) is 0 Å². The number of aromatic nitrogens is 1. The summed E-state index contributed by atoms with van der Waals surface area (Å²) in [5.74, 6) is 1.11. The molecule has 3 atom stereocenters. The minimum atomic E-state index is -1.00. The largest absolute Gasteiger partial charge is 0.496 e. The van der Waals surface area contributed by atoms with Crippen molar-refractivity contribution in [3.05, 3.63) is 65.9 Å². The van der Waals surface area contributed by atoms with E-state index in [9.17, 15) is 20.3 Å². The number of aliphatic hydroxyl groups is 2. The summed E-state index contributed by atoms with van der Waals surface area (Å²) in [6.07, 6.45) is 3.26. The number of methoxy groups -OCH3 is 1. The zero-order chi connectivity index (χ0) is 29.9. The number of aliphatic hydroxyl groups excluding tert-OH is 2. The molecule has 2 aromatic carbocycles. The van der Waals surface area contributed by atoms with Crippen molar-refractivity contribution in [2.24, 2.45) is 0 Å². The summed E-state index contributed by atoms with van der Waals surface area (Å²) in [6.45, 7) is 1.30. The van der Waals surface area contributed by atoms with Gasteiger partial charge < -0.3 is 34.2 Å². The van der Waals surface area contributed by atoms with Crippen molar-refractivity contribution < 1.29 is 33.6 Å². The molecule has 2 fully saturated rings. The molecule has 10 nitrogen and oxygen atoms in total. The molecule has 1 aliphatic carbocycles. The van der Waals surface area contributed by atoms with Crippen LogP contribution in [0.25, 0.3) is 33.6 Å². The second-order valence-corrected chi connectivity index (χ2v) is 10.9. The summed E-state index contributed by atoms with van der Waals surface area (Å²) < 4.78 is 23.5. The Morgan fingerprint density at radius 2 is 1.86 bits per heavy atom. The van der Waals surface area contributed by atoms with Crippen LogP contribution in [0.4, 0.5) is 0 Å². The first-order chi connectivity index (χ1) is 20.9. The standard InChI is InChI=1S/C33H33N3O7/c1-40-29-16-20(33(39)36-25-3-2-4-27(37)31(25)38)5-7-24(29)30-17-26-32(43-30)23(9-12-35-26)19-6-8-28(21(15-19)18-34)42-22-10-13-41-14-11-22/h5-9,12,15-17,22,25,27,31,37-38H,2-4,10-11,13-14H2,1H3,(H,36,39)/t25-,27-,31+/m1/s1. The van der Waals surface area contributed by atoms with Crippen molar-refractivity contribution in [2.75, 3.05) is 20.3 Å². The molecule has 1 saturated heterocycles. The molecule has 0 unspecified atom stereocenters. The van der Waals surface area contributed by atoms with Crippen molar-refractivity contribution in [1.29, 1.82) is 5.26 Å². The first-order valence-electron chi connectivity index (χ1n) is 14.5. The van der Waals surface area contributed by atoms with E-state index in [0.717, 1.165) is 30.4 Å². The number of nitriles is 1. The summed E-state index contributed by atoms with van der Waals surface area (Å²) >= 11 is 0. The van der Waals surface area contributed by atoms with E-state index in [4.69, 9.17) is 18.6 Å². The number of carbonyl (C=O) groups is 1. The molecule has 2 aliphatic rings. The molecule has 222 valence electrons. The van der Waals surface area contributed by atoms with E-state index >= 15 is 0 Å². The molecule has 43 heavy (non-hydrogen) atoms. The lowest BCUT2D eigenvalue weighted by Gasteiger charge is -2.32. The number of pyridine rings is 1. The van der Waals surface area contributed by atoms with Crippen LogP contribution in [0.1, 0.15) is 48.0 Å². The predicted octanol–water partition coefficient (Wildman–Crippen LogP) is 4.60. The van der Waals surface area contributed by atoms with Crippen LogP contribution in [-0.2, 0) is 4.74 Å². The first-order valence-corrected chi connectivity index (χ1v) is 14.5. The minimum Gasteiger partial charge on any atom is -0.496 e. The Kier molecular flexibility index (Phi) is 8.29. The molecule has 0 radical (unpaired) electrons. The highest BCUT2D eigenvalue weighted by Crippen LogP contribution is 2.38. The molecule has 3 N–H and O–H groups in total. The molecule has 1 aliphatic heterocycles. The average Bonchev–Trinajstić information content (AvgIpc) is 3.48. The van der Waals surface area contributed by atoms with Gasteiger partial charge in [0.2, 0.25) is 0 Å². The van der Waals surface area contributed by atoms with Gasteiger partial charge >= 0.3 is 0 Å². The van der Waals surface area contributed by atoms with Gasteiger partial charge in [-0.1, -0.05) is 6.07 Å². The molecule has 0 spiro atoms. The highest BCUT2D eigenvalue weighted by molar-refractivity contribution is 5.97. The van der Waals surface area contributed by atoms with Gasteiger partial charge in [0.1, 0.15) is 34.9 Å². The van der Waals surface area contributed by atoms with Gasteiger partial charge in [-0.25, -0.2) is 0 Å². The van der Waals surface area contributed by atoms with Crippen molar-refractivity contribution in [3.8, 4) is 40.0 Å². The van der Waals surface area contributed by atoms with Gasteiger partial charge in [0.05, 0.1) is 49.7 Å². The number of furan rings is 1. The van der Waals surface area contributed by atoms with E-state index in [2.05, 4.69) is 16.4 Å². The third-order valence-electron chi connectivity index (χ3n) is 8.15. The Labute approximate surface area is 248 Å². The molecule has 10 heteroatoms.